The molecule has 13 N–H and O–H groups in total. The number of aliphatic hydroxyl groups is 4. The van der Waals surface area contributed by atoms with Gasteiger partial charge in [0.2, 0.25) is 0 Å². The predicted octanol–water partition coefficient (Wildman–Crippen LogP) is -2.64. The Morgan fingerprint density at radius 3 is 2.16 bits per heavy atom. The van der Waals surface area contributed by atoms with Gasteiger partial charge in [0.25, 0.3) is 0 Å². The van der Waals surface area contributed by atoms with Crippen LogP contribution < -0.4 is 27.5 Å². The van der Waals surface area contributed by atoms with Crippen LogP contribution in [0.3, 0.4) is 0 Å². The number of quaternary nitrogens is 1. The summed E-state index contributed by atoms with van der Waals surface area (Å²) in [5, 5.41) is 46.7. The number of aliphatic hydroxyl groups excluding tert-OH is 4. The fraction of sp³-hybridized carbons (Fsp3) is 0.919. The van der Waals surface area contributed by atoms with E-state index in [1.54, 1.807) is 0 Å². The summed E-state index contributed by atoms with van der Waals surface area (Å²) in [6.07, 6.45) is 4.21. The van der Waals surface area contributed by atoms with Crippen molar-refractivity contribution in [2.24, 2.45) is 64.5 Å². The minimum Gasteiger partial charge on any atom is -0.394 e. The first-order chi connectivity index (χ1) is 24.6. The minimum absolute atomic E-state index is 0.0103. The molecular formula is C37H65N5O9+2. The fourth-order valence-corrected chi connectivity index (χ4v) is 10.7. The second kappa shape index (κ2) is 17.6. The van der Waals surface area contributed by atoms with Crippen LogP contribution in [-0.4, -0.2) is 113 Å². The molecule has 2 saturated heterocycles. The Balaban J connectivity index is 1.31. The van der Waals surface area contributed by atoms with E-state index in [2.05, 4.69) is 10.3 Å². The molecule has 6 rings (SSSR count). The maximum absolute atomic E-state index is 14.5. The number of rotatable bonds is 12. The first-order valence-electron chi connectivity index (χ1n) is 19.9. The van der Waals surface area contributed by atoms with Gasteiger partial charge in [0.15, 0.2) is 6.29 Å². The Bertz CT molecular complexity index is 1200. The van der Waals surface area contributed by atoms with Crippen LogP contribution in [-0.2, 0) is 23.8 Å². The van der Waals surface area contributed by atoms with Crippen LogP contribution in [0.25, 0.3) is 0 Å². The van der Waals surface area contributed by atoms with Crippen molar-refractivity contribution in [3.63, 3.8) is 0 Å². The highest BCUT2D eigenvalue weighted by molar-refractivity contribution is 6.00. The van der Waals surface area contributed by atoms with Gasteiger partial charge in [0.05, 0.1) is 37.8 Å². The predicted molar refractivity (Wildman–Crippen MR) is 185 cm³/mol. The molecule has 14 nitrogen and oxygen atoms in total. The molecular weight excluding hydrogens is 658 g/mol. The molecule has 0 amide bonds. The smallest absolute Gasteiger partial charge is 0.338 e. The Labute approximate surface area is 301 Å². The van der Waals surface area contributed by atoms with Crippen molar-refractivity contribution in [1.82, 2.24) is 0 Å². The van der Waals surface area contributed by atoms with Crippen molar-refractivity contribution in [2.45, 2.75) is 139 Å². The van der Waals surface area contributed by atoms with Crippen molar-refractivity contribution in [2.75, 3.05) is 26.3 Å². The minimum atomic E-state index is -1.45. The standard InChI is InChI=1S/C37H63N5O9/c38-26-16-20(12-14-41-26)13-15-49-35-33(48)31(46)25(18-43)50-36(35)51-34-24(17-42-37(39)40)21(11-10-19-6-2-1-3-7-19)27-28(32(34)47)30(45)23-9-5-4-8-22(23)29(27)44/h19-28,31-36,41,43,46-48H,1-18,38H2,(H4,39,40,42)/p+2. The summed E-state index contributed by atoms with van der Waals surface area (Å²) in [6, 6.07) is 0. The molecule has 4 aliphatic carbocycles. The van der Waals surface area contributed by atoms with Gasteiger partial charge in [-0.05, 0) is 49.9 Å². The fourth-order valence-electron chi connectivity index (χ4n) is 10.7. The molecule has 0 radical (unpaired) electrons. The number of hydrogen-bond acceptors (Lipinski definition) is 10. The number of fused-ring (bicyclic) bond motifs is 2. The number of ketones is 2. The van der Waals surface area contributed by atoms with Gasteiger partial charge in [-0.15, -0.1) is 0 Å². The van der Waals surface area contributed by atoms with Gasteiger partial charge < -0.3 is 40.0 Å². The Kier molecular flexibility index (Phi) is 13.4. The molecule has 2 heterocycles. The highest BCUT2D eigenvalue weighted by Gasteiger charge is 2.62. The highest BCUT2D eigenvalue weighted by Crippen LogP contribution is 2.52. The number of ether oxygens (including phenoxy) is 3. The number of Topliss-reactive ketones (excluding diaryl/α,β-unsaturated/α-hetero) is 2. The number of hydrogen-bond donors (Lipinski definition) is 9. The van der Waals surface area contributed by atoms with E-state index in [1.807, 2.05) is 0 Å². The molecule has 6 aliphatic rings. The molecule has 0 aromatic heterocycles. The van der Waals surface area contributed by atoms with Crippen LogP contribution in [0.1, 0.15) is 89.9 Å². The van der Waals surface area contributed by atoms with E-state index >= 15 is 0 Å². The Morgan fingerprint density at radius 1 is 0.804 bits per heavy atom. The van der Waals surface area contributed by atoms with Gasteiger partial charge in [-0.1, -0.05) is 51.4 Å². The number of guanidine groups is 1. The quantitative estimate of drug-likeness (QED) is 0.0570. The molecule has 6 fully saturated rings. The third-order valence-corrected chi connectivity index (χ3v) is 13.5. The Hall–Kier alpha value is -1.75. The van der Waals surface area contributed by atoms with E-state index in [9.17, 15) is 30.0 Å². The zero-order valence-corrected chi connectivity index (χ0v) is 30.1. The van der Waals surface area contributed by atoms with Crippen molar-refractivity contribution < 1.29 is 54.5 Å². The number of nitrogens with one attached hydrogen (secondary N) is 1. The average Bonchev–Trinajstić information content (AvgIpc) is 3.13. The highest BCUT2D eigenvalue weighted by atomic mass is 16.7. The second-order valence-electron chi connectivity index (χ2n) is 16.6. The number of carbonyl (C=O) groups excluding carboxylic acids is 2. The van der Waals surface area contributed by atoms with Crippen LogP contribution in [0.15, 0.2) is 0 Å². The molecule has 2 aliphatic heterocycles. The van der Waals surface area contributed by atoms with Gasteiger partial charge in [-0.3, -0.25) is 31.8 Å². The summed E-state index contributed by atoms with van der Waals surface area (Å²) in [4.78, 5) is 31.9. The van der Waals surface area contributed by atoms with Crippen LogP contribution in [0.2, 0.25) is 0 Å². The zero-order chi connectivity index (χ0) is 36.2. The molecule has 14 heteroatoms. The molecule has 15 unspecified atom stereocenters. The molecule has 4 saturated carbocycles. The maximum Gasteiger partial charge on any atom is 0.338 e. The first kappa shape index (κ1) is 39.0. The van der Waals surface area contributed by atoms with E-state index in [4.69, 9.17) is 31.4 Å². The third kappa shape index (κ3) is 8.65. The Morgan fingerprint density at radius 2 is 1.49 bits per heavy atom. The normalized spacial score (nSPS) is 43.7. The largest absolute Gasteiger partial charge is 0.394 e. The monoisotopic (exact) mass is 723 g/mol. The van der Waals surface area contributed by atoms with Crippen LogP contribution in [0.5, 0.6) is 0 Å². The lowest BCUT2D eigenvalue weighted by molar-refractivity contribution is -0.699. The summed E-state index contributed by atoms with van der Waals surface area (Å²) in [5.74, 6) is -2.27. The second-order valence-corrected chi connectivity index (χ2v) is 16.6. The SMILES string of the molecule is NC(N)=[NH+]CC1C(CCC2CCCCC2)C2C(=O)C3CCCCC3C(=O)C2C(O)C1OC1OC(CO)C(O)C(O)C1OCCC1CC[NH2+]C(N)C1. The first-order valence-corrected chi connectivity index (χ1v) is 19.9. The summed E-state index contributed by atoms with van der Waals surface area (Å²) >= 11 is 0. The summed E-state index contributed by atoms with van der Waals surface area (Å²) in [7, 11) is 0. The van der Waals surface area contributed by atoms with E-state index in [-0.39, 0.29) is 48.7 Å². The third-order valence-electron chi connectivity index (χ3n) is 13.5. The van der Waals surface area contributed by atoms with Crippen molar-refractivity contribution in [1.29, 1.82) is 0 Å². The maximum atomic E-state index is 14.5. The lowest BCUT2D eigenvalue weighted by Gasteiger charge is -2.54. The molecule has 0 spiro atoms. The van der Waals surface area contributed by atoms with Gasteiger partial charge in [0.1, 0.15) is 42.1 Å². The van der Waals surface area contributed by atoms with Crippen molar-refractivity contribution in [3.8, 4) is 0 Å². The topological polar surface area (TPSA) is 251 Å². The van der Waals surface area contributed by atoms with Gasteiger partial charge in [-0.25, -0.2) is 0 Å². The van der Waals surface area contributed by atoms with Crippen LogP contribution >= 0.6 is 0 Å². The van der Waals surface area contributed by atoms with E-state index in [0.717, 1.165) is 51.5 Å². The number of piperidine rings is 1. The van der Waals surface area contributed by atoms with Crippen molar-refractivity contribution in [3.05, 3.63) is 0 Å². The molecule has 290 valence electrons. The summed E-state index contributed by atoms with van der Waals surface area (Å²) in [6.45, 7) is 0.781. The lowest BCUT2D eigenvalue weighted by Crippen LogP contribution is -2.94. The van der Waals surface area contributed by atoms with Crippen LogP contribution in [0, 0.1) is 47.3 Å². The summed E-state index contributed by atoms with van der Waals surface area (Å²) < 4.78 is 19.0. The van der Waals surface area contributed by atoms with E-state index < -0.39 is 73.2 Å². The zero-order valence-electron chi connectivity index (χ0n) is 30.1. The van der Waals surface area contributed by atoms with E-state index in [1.165, 1.54) is 19.3 Å². The molecule has 0 aromatic carbocycles. The van der Waals surface area contributed by atoms with Gasteiger partial charge >= 0.3 is 5.96 Å². The summed E-state index contributed by atoms with van der Waals surface area (Å²) in [5.41, 5.74) is 18.0. The average molecular weight is 724 g/mol. The van der Waals surface area contributed by atoms with Gasteiger partial charge in [0, 0.05) is 36.7 Å². The number of carbonyl (C=O) groups is 2. The molecule has 15 atom stereocenters. The van der Waals surface area contributed by atoms with Crippen molar-refractivity contribution >= 4 is 17.5 Å². The lowest BCUT2D eigenvalue weighted by atomic mass is 9.51. The number of nitrogens with two attached hydrogens (primary N) is 4. The van der Waals surface area contributed by atoms with Gasteiger partial charge in [-0.2, -0.15) is 0 Å². The van der Waals surface area contributed by atoms with Crippen LogP contribution in [0.4, 0.5) is 0 Å². The molecule has 0 aromatic rings. The molecule has 0 bridgehead atoms. The van der Waals surface area contributed by atoms with E-state index in [0.29, 0.717) is 37.5 Å². The molecule has 51 heavy (non-hydrogen) atoms.